The molecule has 0 spiro atoms. The van der Waals surface area contributed by atoms with Crippen LogP contribution in [-0.2, 0) is 19.2 Å². The van der Waals surface area contributed by atoms with Gasteiger partial charge in [0.2, 0.25) is 23.6 Å². The molecule has 0 atom stereocenters. The zero-order valence-electron chi connectivity index (χ0n) is 13.3. The van der Waals surface area contributed by atoms with Crippen LogP contribution in [0.4, 0.5) is 0 Å². The van der Waals surface area contributed by atoms with Gasteiger partial charge in [-0.15, -0.1) is 0 Å². The quantitative estimate of drug-likeness (QED) is 0.143. The molecule has 24 heavy (non-hydrogen) atoms. The number of carbonyl (C=O) groups excluding carboxylic acids is 4. The van der Waals surface area contributed by atoms with Crippen LogP contribution in [0.1, 0.15) is 0 Å². The molecule has 0 heterocycles. The van der Waals surface area contributed by atoms with E-state index >= 15 is 0 Å². The average Bonchev–Trinajstić information content (AvgIpc) is 2.59. The van der Waals surface area contributed by atoms with E-state index < -0.39 is 0 Å². The van der Waals surface area contributed by atoms with Gasteiger partial charge in [-0.05, 0) is 0 Å². The Morgan fingerprint density at radius 3 is 1.33 bits per heavy atom. The molecule has 138 valence electrons. The Kier molecular flexibility index (Phi) is 14.1. The van der Waals surface area contributed by atoms with E-state index in [0.29, 0.717) is 24.6 Å². The van der Waals surface area contributed by atoms with Crippen LogP contribution in [0, 0.1) is 0 Å². The first-order chi connectivity index (χ1) is 11.5. The molecule has 0 radical (unpaired) electrons. The number of amides is 4. The van der Waals surface area contributed by atoms with Gasteiger partial charge >= 0.3 is 0 Å². The Labute approximate surface area is 148 Å². The predicted octanol–water partition coefficient (Wildman–Crippen LogP) is -3.25. The summed E-state index contributed by atoms with van der Waals surface area (Å²) in [7, 11) is 3.11. The Bertz CT molecular complexity index is 386. The molecule has 0 unspecified atom stereocenters. The highest BCUT2D eigenvalue weighted by Gasteiger charge is 2.04. The smallest absolute Gasteiger partial charge is 0.239 e. The van der Waals surface area contributed by atoms with Crippen molar-refractivity contribution in [1.82, 2.24) is 21.3 Å². The monoisotopic (exact) mass is 380 g/mol. The summed E-state index contributed by atoms with van der Waals surface area (Å²) in [6.45, 7) is 0.505. The van der Waals surface area contributed by atoms with Crippen LogP contribution in [-0.4, -0.2) is 74.4 Å². The lowest BCUT2D eigenvalue weighted by Crippen LogP contribution is -2.40. The molecule has 0 aromatic heterocycles. The first-order valence-electron chi connectivity index (χ1n) is 7.21. The minimum Gasteiger partial charge on any atom is -0.354 e. The Morgan fingerprint density at radius 1 is 0.625 bits per heavy atom. The maximum Gasteiger partial charge on any atom is 0.239 e. The van der Waals surface area contributed by atoms with Crippen LogP contribution in [0.25, 0.3) is 0 Å². The van der Waals surface area contributed by atoms with Gasteiger partial charge in [-0.3, -0.25) is 19.2 Å². The first kappa shape index (κ1) is 22.5. The lowest BCUT2D eigenvalue weighted by molar-refractivity contribution is -0.125. The van der Waals surface area contributed by atoms with Crippen molar-refractivity contribution in [3.63, 3.8) is 0 Å². The van der Waals surface area contributed by atoms with Crippen molar-refractivity contribution in [3.8, 4) is 0 Å². The van der Waals surface area contributed by atoms with Crippen molar-refractivity contribution in [2.75, 3.05) is 50.8 Å². The molecule has 0 aliphatic heterocycles. The summed E-state index contributed by atoms with van der Waals surface area (Å²) >= 11 is 0. The maximum atomic E-state index is 11.3. The number of hydrogen-bond donors (Lipinski definition) is 6. The standard InChI is InChI=1S/C12H24N6O4S2/c13-5-9(19)17-7-11(21)15-1-3-23-24-4-2-16-12(22)8-18-10(20)6-14/h1-8,13-14H2,(H,15,21)(H,16,22)(H,17,19)(H,18,20). The summed E-state index contributed by atoms with van der Waals surface area (Å²) in [5.41, 5.74) is 10.2. The van der Waals surface area contributed by atoms with Gasteiger partial charge in [-0.2, -0.15) is 0 Å². The Morgan fingerprint density at radius 2 is 1.00 bits per heavy atom. The fraction of sp³-hybridized carbons (Fsp3) is 0.667. The van der Waals surface area contributed by atoms with Gasteiger partial charge in [-0.1, -0.05) is 21.6 Å². The maximum absolute atomic E-state index is 11.3. The van der Waals surface area contributed by atoms with Gasteiger partial charge in [0.15, 0.2) is 0 Å². The minimum atomic E-state index is -0.375. The van der Waals surface area contributed by atoms with Crippen molar-refractivity contribution in [2.24, 2.45) is 11.5 Å². The summed E-state index contributed by atoms with van der Waals surface area (Å²) < 4.78 is 0. The molecular formula is C12H24N6O4S2. The zero-order chi connectivity index (χ0) is 18.2. The fourth-order valence-corrected chi connectivity index (χ4v) is 3.02. The van der Waals surface area contributed by atoms with Crippen LogP contribution in [0.2, 0.25) is 0 Å². The molecule has 0 rings (SSSR count). The van der Waals surface area contributed by atoms with E-state index in [9.17, 15) is 19.2 Å². The lowest BCUT2D eigenvalue weighted by atomic mass is 10.5. The number of hydrogen-bond acceptors (Lipinski definition) is 8. The summed E-state index contributed by atoms with van der Waals surface area (Å²) in [4.78, 5) is 44.4. The third-order valence-electron chi connectivity index (χ3n) is 2.36. The second-order valence-corrected chi connectivity index (χ2v) is 7.01. The van der Waals surface area contributed by atoms with Gasteiger partial charge in [0.1, 0.15) is 0 Å². The summed E-state index contributed by atoms with van der Waals surface area (Å²) in [6.07, 6.45) is 0. The molecule has 10 nitrogen and oxygen atoms in total. The van der Waals surface area contributed by atoms with Crippen molar-refractivity contribution >= 4 is 45.2 Å². The Hall–Kier alpha value is -1.50. The molecule has 0 aromatic carbocycles. The highest BCUT2D eigenvalue weighted by molar-refractivity contribution is 8.76. The average molecular weight is 380 g/mol. The highest BCUT2D eigenvalue weighted by Crippen LogP contribution is 2.19. The normalized spacial score (nSPS) is 9.92. The van der Waals surface area contributed by atoms with Crippen LogP contribution in [0.3, 0.4) is 0 Å². The number of rotatable bonds is 13. The number of carbonyl (C=O) groups is 4. The largest absolute Gasteiger partial charge is 0.354 e. The van der Waals surface area contributed by atoms with Crippen LogP contribution >= 0.6 is 21.6 Å². The third kappa shape index (κ3) is 14.1. The van der Waals surface area contributed by atoms with E-state index in [-0.39, 0.29) is 49.8 Å². The number of nitrogens with one attached hydrogen (secondary N) is 4. The van der Waals surface area contributed by atoms with Crippen LogP contribution in [0.15, 0.2) is 0 Å². The minimum absolute atomic E-state index is 0.0828. The fourth-order valence-electron chi connectivity index (χ4n) is 1.21. The first-order valence-corrected chi connectivity index (χ1v) is 9.69. The lowest BCUT2D eigenvalue weighted by Gasteiger charge is -2.07. The van der Waals surface area contributed by atoms with E-state index in [4.69, 9.17) is 11.5 Å². The molecule has 0 aliphatic carbocycles. The van der Waals surface area contributed by atoms with Crippen LogP contribution < -0.4 is 32.7 Å². The van der Waals surface area contributed by atoms with Gasteiger partial charge in [-0.25, -0.2) is 0 Å². The van der Waals surface area contributed by atoms with E-state index in [1.165, 1.54) is 0 Å². The van der Waals surface area contributed by atoms with Crippen molar-refractivity contribution in [3.05, 3.63) is 0 Å². The predicted molar refractivity (Wildman–Crippen MR) is 95.1 cm³/mol. The highest BCUT2D eigenvalue weighted by atomic mass is 33.1. The zero-order valence-corrected chi connectivity index (χ0v) is 14.9. The van der Waals surface area contributed by atoms with Gasteiger partial charge in [0.05, 0.1) is 26.2 Å². The van der Waals surface area contributed by atoms with Crippen molar-refractivity contribution in [2.45, 2.75) is 0 Å². The molecule has 12 heteroatoms. The number of nitrogens with two attached hydrogens (primary N) is 2. The Balaban J connectivity index is 3.39. The molecular weight excluding hydrogens is 356 g/mol. The molecule has 0 bridgehead atoms. The van der Waals surface area contributed by atoms with Crippen molar-refractivity contribution in [1.29, 1.82) is 0 Å². The SMILES string of the molecule is NCC(=O)NCC(=O)NCCSSCCNC(=O)CNC(=O)CN. The summed E-state index contributed by atoms with van der Waals surface area (Å²) in [5, 5.41) is 10.1. The molecule has 4 amide bonds. The molecule has 0 aliphatic rings. The van der Waals surface area contributed by atoms with Gasteiger partial charge in [0, 0.05) is 24.6 Å². The molecule has 8 N–H and O–H groups in total. The van der Waals surface area contributed by atoms with Gasteiger partial charge < -0.3 is 32.7 Å². The third-order valence-corrected chi connectivity index (χ3v) is 4.77. The summed E-state index contributed by atoms with van der Waals surface area (Å²) in [6, 6.07) is 0. The second kappa shape index (κ2) is 15.1. The second-order valence-electron chi connectivity index (χ2n) is 4.31. The molecule has 0 fully saturated rings. The van der Waals surface area contributed by atoms with E-state index in [1.807, 2.05) is 0 Å². The molecule has 0 saturated heterocycles. The van der Waals surface area contributed by atoms with E-state index in [0.717, 1.165) is 0 Å². The van der Waals surface area contributed by atoms with Gasteiger partial charge in [0.25, 0.3) is 0 Å². The molecule has 0 aromatic rings. The van der Waals surface area contributed by atoms with Crippen molar-refractivity contribution < 1.29 is 19.2 Å². The molecule has 0 saturated carbocycles. The topological polar surface area (TPSA) is 168 Å². The summed E-state index contributed by atoms with van der Waals surface area (Å²) in [5.74, 6) is 0.103. The van der Waals surface area contributed by atoms with E-state index in [1.54, 1.807) is 21.6 Å². The van der Waals surface area contributed by atoms with E-state index in [2.05, 4.69) is 21.3 Å². The van der Waals surface area contributed by atoms with Crippen LogP contribution in [0.5, 0.6) is 0 Å².